The number of piperazine rings is 1. The zero-order valence-corrected chi connectivity index (χ0v) is 14.1. The number of benzene rings is 1. The quantitative estimate of drug-likeness (QED) is 0.906. The second-order valence-electron chi connectivity index (χ2n) is 5.52. The SMILES string of the molecule is CCc1nsc(N2CCN(CC(=O)Nc3ccccc3)CC2)n1. The van der Waals surface area contributed by atoms with E-state index in [2.05, 4.69) is 31.4 Å². The number of hydrogen-bond acceptors (Lipinski definition) is 6. The molecule has 6 nitrogen and oxygen atoms in total. The minimum atomic E-state index is 0.0360. The Bertz CT molecular complexity index is 637. The van der Waals surface area contributed by atoms with Gasteiger partial charge in [0.05, 0.1) is 6.54 Å². The number of anilines is 2. The Kier molecular flexibility index (Phi) is 5.19. The van der Waals surface area contributed by atoms with Crippen LogP contribution in [0.3, 0.4) is 0 Å². The Balaban J connectivity index is 1.46. The van der Waals surface area contributed by atoms with Gasteiger partial charge < -0.3 is 10.2 Å². The van der Waals surface area contributed by atoms with E-state index in [1.807, 2.05) is 30.3 Å². The first-order chi connectivity index (χ1) is 11.2. The number of carbonyl (C=O) groups is 1. The molecule has 0 saturated carbocycles. The smallest absolute Gasteiger partial charge is 0.238 e. The molecule has 122 valence electrons. The van der Waals surface area contributed by atoms with Crippen molar-refractivity contribution in [3.05, 3.63) is 36.2 Å². The van der Waals surface area contributed by atoms with Gasteiger partial charge in [-0.1, -0.05) is 25.1 Å². The van der Waals surface area contributed by atoms with Gasteiger partial charge in [-0.3, -0.25) is 9.69 Å². The lowest BCUT2D eigenvalue weighted by atomic mass is 10.3. The molecule has 1 aromatic carbocycles. The molecule has 0 spiro atoms. The highest BCUT2D eigenvalue weighted by Crippen LogP contribution is 2.19. The van der Waals surface area contributed by atoms with Crippen LogP contribution in [-0.4, -0.2) is 52.9 Å². The van der Waals surface area contributed by atoms with E-state index in [1.54, 1.807) is 0 Å². The molecule has 2 heterocycles. The average Bonchev–Trinajstić information content (AvgIpc) is 3.05. The monoisotopic (exact) mass is 331 g/mol. The predicted molar refractivity (Wildman–Crippen MR) is 93.0 cm³/mol. The van der Waals surface area contributed by atoms with Gasteiger partial charge in [0.1, 0.15) is 5.82 Å². The fraction of sp³-hybridized carbons (Fsp3) is 0.438. The largest absolute Gasteiger partial charge is 0.344 e. The van der Waals surface area contributed by atoms with Crippen LogP contribution >= 0.6 is 11.5 Å². The first-order valence-corrected chi connectivity index (χ1v) is 8.66. The summed E-state index contributed by atoms with van der Waals surface area (Å²) in [6, 6.07) is 9.57. The summed E-state index contributed by atoms with van der Waals surface area (Å²) in [4.78, 5) is 21.0. The second kappa shape index (κ2) is 7.52. The van der Waals surface area contributed by atoms with Crippen LogP contribution in [-0.2, 0) is 11.2 Å². The van der Waals surface area contributed by atoms with Gasteiger partial charge in [0.25, 0.3) is 0 Å². The van der Waals surface area contributed by atoms with Crippen molar-refractivity contribution in [1.82, 2.24) is 14.3 Å². The summed E-state index contributed by atoms with van der Waals surface area (Å²) in [5.74, 6) is 0.948. The second-order valence-corrected chi connectivity index (χ2v) is 6.25. The van der Waals surface area contributed by atoms with E-state index in [0.29, 0.717) is 6.54 Å². The van der Waals surface area contributed by atoms with Crippen molar-refractivity contribution in [3.63, 3.8) is 0 Å². The van der Waals surface area contributed by atoms with Crippen molar-refractivity contribution in [2.24, 2.45) is 0 Å². The topological polar surface area (TPSA) is 61.4 Å². The van der Waals surface area contributed by atoms with E-state index in [9.17, 15) is 4.79 Å². The summed E-state index contributed by atoms with van der Waals surface area (Å²) in [6.07, 6.45) is 0.871. The molecular weight excluding hydrogens is 310 g/mol. The van der Waals surface area contributed by atoms with E-state index in [1.165, 1.54) is 11.5 Å². The maximum absolute atomic E-state index is 12.1. The van der Waals surface area contributed by atoms with Crippen molar-refractivity contribution < 1.29 is 4.79 Å². The summed E-state index contributed by atoms with van der Waals surface area (Å²) >= 11 is 1.46. The lowest BCUT2D eigenvalue weighted by Crippen LogP contribution is -2.48. The molecular formula is C16H21N5OS. The van der Waals surface area contributed by atoms with E-state index >= 15 is 0 Å². The Hall–Kier alpha value is -1.99. The van der Waals surface area contributed by atoms with Crippen LogP contribution in [0.25, 0.3) is 0 Å². The van der Waals surface area contributed by atoms with E-state index in [4.69, 9.17) is 0 Å². The van der Waals surface area contributed by atoms with Crippen LogP contribution in [0.4, 0.5) is 10.8 Å². The van der Waals surface area contributed by atoms with Crippen LogP contribution in [0.5, 0.6) is 0 Å². The number of nitrogens with one attached hydrogen (secondary N) is 1. The Morgan fingerprint density at radius 3 is 2.61 bits per heavy atom. The third kappa shape index (κ3) is 4.27. The van der Waals surface area contributed by atoms with Crippen LogP contribution in [0.1, 0.15) is 12.7 Å². The molecule has 0 atom stereocenters. The molecule has 7 heteroatoms. The number of hydrogen-bond donors (Lipinski definition) is 1. The molecule has 1 aliphatic heterocycles. The molecule has 23 heavy (non-hydrogen) atoms. The highest BCUT2D eigenvalue weighted by Gasteiger charge is 2.21. The Labute approximate surface area is 140 Å². The molecule has 1 aromatic heterocycles. The third-order valence-corrected chi connectivity index (χ3v) is 4.66. The first-order valence-electron chi connectivity index (χ1n) is 7.89. The Morgan fingerprint density at radius 2 is 1.96 bits per heavy atom. The van der Waals surface area contributed by atoms with Crippen molar-refractivity contribution in [1.29, 1.82) is 0 Å². The molecule has 3 rings (SSSR count). The predicted octanol–water partition coefficient (Wildman–Crippen LogP) is 1.86. The minimum absolute atomic E-state index is 0.0360. The van der Waals surface area contributed by atoms with Gasteiger partial charge in [-0.25, -0.2) is 4.98 Å². The van der Waals surface area contributed by atoms with Crippen molar-refractivity contribution in [2.45, 2.75) is 13.3 Å². The fourth-order valence-electron chi connectivity index (χ4n) is 2.54. The number of aromatic nitrogens is 2. The van der Waals surface area contributed by atoms with Crippen molar-refractivity contribution >= 4 is 28.3 Å². The van der Waals surface area contributed by atoms with Crippen LogP contribution < -0.4 is 10.2 Å². The van der Waals surface area contributed by atoms with E-state index < -0.39 is 0 Å². The number of para-hydroxylation sites is 1. The minimum Gasteiger partial charge on any atom is -0.344 e. The molecule has 0 bridgehead atoms. The number of rotatable bonds is 5. The first kappa shape index (κ1) is 15.9. The summed E-state index contributed by atoms with van der Waals surface area (Å²) in [5.41, 5.74) is 0.845. The molecule has 1 amide bonds. The standard InChI is InChI=1S/C16H21N5OS/c1-2-14-18-16(23-19-14)21-10-8-20(9-11-21)12-15(22)17-13-6-4-3-5-7-13/h3-7H,2,8-12H2,1H3,(H,17,22). The maximum Gasteiger partial charge on any atom is 0.238 e. The van der Waals surface area contributed by atoms with Gasteiger partial charge >= 0.3 is 0 Å². The summed E-state index contributed by atoms with van der Waals surface area (Å²) in [7, 11) is 0. The normalized spacial score (nSPS) is 15.6. The zero-order valence-electron chi connectivity index (χ0n) is 13.2. The summed E-state index contributed by atoms with van der Waals surface area (Å²) in [5, 5.41) is 3.92. The van der Waals surface area contributed by atoms with Gasteiger partial charge in [0.15, 0.2) is 0 Å². The molecule has 1 aliphatic rings. The van der Waals surface area contributed by atoms with Gasteiger partial charge in [0, 0.05) is 49.8 Å². The van der Waals surface area contributed by atoms with E-state index in [-0.39, 0.29) is 5.91 Å². The fourth-order valence-corrected chi connectivity index (χ4v) is 3.34. The molecule has 0 radical (unpaired) electrons. The average molecular weight is 331 g/mol. The molecule has 0 aliphatic carbocycles. The summed E-state index contributed by atoms with van der Waals surface area (Å²) in [6.45, 7) is 5.99. The highest BCUT2D eigenvalue weighted by molar-refractivity contribution is 7.09. The van der Waals surface area contributed by atoms with Gasteiger partial charge in [-0.05, 0) is 12.1 Å². The zero-order chi connectivity index (χ0) is 16.1. The molecule has 2 aromatic rings. The highest BCUT2D eigenvalue weighted by atomic mass is 32.1. The lowest BCUT2D eigenvalue weighted by molar-refractivity contribution is -0.117. The number of amides is 1. The van der Waals surface area contributed by atoms with Gasteiger partial charge in [0.2, 0.25) is 11.0 Å². The number of carbonyl (C=O) groups excluding carboxylic acids is 1. The van der Waals surface area contributed by atoms with Gasteiger partial charge in [-0.15, -0.1) is 0 Å². The molecule has 0 unspecified atom stereocenters. The van der Waals surface area contributed by atoms with Crippen molar-refractivity contribution in [2.75, 3.05) is 42.9 Å². The molecule has 1 N–H and O–H groups in total. The van der Waals surface area contributed by atoms with Crippen LogP contribution in [0.15, 0.2) is 30.3 Å². The van der Waals surface area contributed by atoms with Crippen molar-refractivity contribution in [3.8, 4) is 0 Å². The number of aryl methyl sites for hydroxylation is 1. The number of nitrogens with zero attached hydrogens (tertiary/aromatic N) is 4. The molecule has 1 saturated heterocycles. The van der Waals surface area contributed by atoms with Gasteiger partial charge in [-0.2, -0.15) is 4.37 Å². The maximum atomic E-state index is 12.1. The lowest BCUT2D eigenvalue weighted by Gasteiger charge is -2.33. The van der Waals surface area contributed by atoms with E-state index in [0.717, 1.165) is 49.2 Å². The van der Waals surface area contributed by atoms with Crippen LogP contribution in [0.2, 0.25) is 0 Å². The third-order valence-electron chi connectivity index (χ3n) is 3.84. The summed E-state index contributed by atoms with van der Waals surface area (Å²) < 4.78 is 4.34. The Morgan fingerprint density at radius 1 is 1.22 bits per heavy atom. The van der Waals surface area contributed by atoms with Crippen LogP contribution in [0, 0.1) is 0 Å². The molecule has 1 fully saturated rings.